The van der Waals surface area contributed by atoms with E-state index in [9.17, 15) is 21.2 Å². The van der Waals surface area contributed by atoms with Crippen molar-refractivity contribution in [2.45, 2.75) is 41.5 Å². The molecule has 11 heteroatoms. The fourth-order valence-corrected chi connectivity index (χ4v) is 11.2. The van der Waals surface area contributed by atoms with Crippen molar-refractivity contribution in [2.24, 2.45) is 11.8 Å². The summed E-state index contributed by atoms with van der Waals surface area (Å²) in [6.45, 7) is -0.0594. The van der Waals surface area contributed by atoms with Gasteiger partial charge in [-0.1, -0.05) is 30.3 Å². The number of nitrogens with zero attached hydrogens (tertiary/aromatic N) is 1. The Labute approximate surface area is 232 Å². The van der Waals surface area contributed by atoms with Gasteiger partial charge in [-0.3, -0.25) is 0 Å². The molecule has 3 aromatic rings. The van der Waals surface area contributed by atoms with E-state index in [2.05, 4.69) is 0 Å². The number of fused-ring (bicyclic) bond motifs is 5. The van der Waals surface area contributed by atoms with Crippen LogP contribution in [0.1, 0.15) is 30.4 Å². The summed E-state index contributed by atoms with van der Waals surface area (Å²) in [5.74, 6) is -2.85. The standard InChI is InChI=1S/C29H29F2NO6S2/c1-37-20-9-7-19(8-10-20)17-32-26-13-15-29(40(35,36)21-5-3-2-4-6-21)23(22(26)14-16-39(32,33)34)18-38-28-25(31)12-11-24(30)27(28)29/h2-12,22-23,26H,13-18H2,1H3/t22-,23-,26+,29-/m0/s1. The molecule has 1 aliphatic carbocycles. The van der Waals surface area contributed by atoms with Gasteiger partial charge in [-0.2, -0.15) is 4.31 Å². The Balaban J connectivity index is 1.48. The van der Waals surface area contributed by atoms with Crippen LogP contribution in [-0.4, -0.2) is 46.7 Å². The van der Waals surface area contributed by atoms with Crippen LogP contribution in [0.15, 0.2) is 71.6 Å². The Kier molecular flexibility index (Phi) is 6.66. The van der Waals surface area contributed by atoms with E-state index in [-0.39, 0.29) is 54.4 Å². The molecule has 1 saturated heterocycles. The largest absolute Gasteiger partial charge is 0.497 e. The summed E-state index contributed by atoms with van der Waals surface area (Å²) in [6.07, 6.45) is 0.276. The molecule has 3 aromatic carbocycles. The van der Waals surface area contributed by atoms with Gasteiger partial charge in [0.2, 0.25) is 10.0 Å². The Morgan fingerprint density at radius 3 is 2.40 bits per heavy atom. The zero-order valence-corrected chi connectivity index (χ0v) is 23.4. The second-order valence-corrected chi connectivity index (χ2v) is 14.9. The number of benzene rings is 3. The normalized spacial score (nSPS) is 27.5. The third kappa shape index (κ3) is 4.04. The van der Waals surface area contributed by atoms with E-state index >= 15 is 4.39 Å². The van der Waals surface area contributed by atoms with E-state index in [1.807, 2.05) is 0 Å². The molecule has 212 valence electrons. The van der Waals surface area contributed by atoms with Gasteiger partial charge in [-0.15, -0.1) is 0 Å². The molecule has 1 saturated carbocycles. The lowest BCUT2D eigenvalue weighted by Crippen LogP contribution is -2.63. The van der Waals surface area contributed by atoms with Crippen molar-refractivity contribution in [3.8, 4) is 11.5 Å². The van der Waals surface area contributed by atoms with Gasteiger partial charge in [0.05, 0.1) is 29.9 Å². The first-order valence-corrected chi connectivity index (χ1v) is 16.2. The molecule has 0 bridgehead atoms. The van der Waals surface area contributed by atoms with Crippen LogP contribution < -0.4 is 9.47 Å². The number of sulfonamides is 1. The molecule has 0 spiro atoms. The molecule has 2 aliphatic heterocycles. The molecular formula is C29H29F2NO6S2. The molecular weight excluding hydrogens is 560 g/mol. The molecule has 40 heavy (non-hydrogen) atoms. The number of hydrogen-bond acceptors (Lipinski definition) is 6. The molecule has 0 aromatic heterocycles. The summed E-state index contributed by atoms with van der Waals surface area (Å²) in [7, 11) is -6.37. The van der Waals surface area contributed by atoms with Gasteiger partial charge in [-0.05, 0) is 67.1 Å². The van der Waals surface area contributed by atoms with Crippen LogP contribution >= 0.6 is 0 Å². The number of halogens is 2. The number of sulfone groups is 1. The van der Waals surface area contributed by atoms with Gasteiger partial charge in [0.25, 0.3) is 0 Å². The maximum absolute atomic E-state index is 15.7. The molecule has 2 fully saturated rings. The zero-order chi connectivity index (χ0) is 28.3. The molecule has 6 rings (SSSR count). The predicted molar refractivity (Wildman–Crippen MR) is 144 cm³/mol. The van der Waals surface area contributed by atoms with Gasteiger partial charge in [0, 0.05) is 18.5 Å². The van der Waals surface area contributed by atoms with E-state index in [0.29, 0.717) is 5.75 Å². The van der Waals surface area contributed by atoms with Crippen LogP contribution in [0.4, 0.5) is 8.78 Å². The van der Waals surface area contributed by atoms with Crippen molar-refractivity contribution in [3.05, 3.63) is 89.5 Å². The monoisotopic (exact) mass is 589 g/mol. The second-order valence-electron chi connectivity index (χ2n) is 10.6. The Hall–Kier alpha value is -3.02. The summed E-state index contributed by atoms with van der Waals surface area (Å²) in [5.41, 5.74) is 0.471. The summed E-state index contributed by atoms with van der Waals surface area (Å²) in [4.78, 5) is 0.00785. The Bertz CT molecular complexity index is 1650. The van der Waals surface area contributed by atoms with Crippen molar-refractivity contribution in [3.63, 3.8) is 0 Å². The molecule has 2 heterocycles. The fourth-order valence-electron chi connectivity index (χ4n) is 6.95. The van der Waals surface area contributed by atoms with Crippen molar-refractivity contribution in [1.82, 2.24) is 4.31 Å². The van der Waals surface area contributed by atoms with E-state index in [1.54, 1.807) is 49.6 Å². The lowest BCUT2D eigenvalue weighted by Gasteiger charge is -2.56. The molecule has 4 atom stereocenters. The fraction of sp³-hybridized carbons (Fsp3) is 0.379. The zero-order valence-electron chi connectivity index (χ0n) is 21.8. The molecule has 0 unspecified atom stereocenters. The molecule has 3 aliphatic rings. The predicted octanol–water partition coefficient (Wildman–Crippen LogP) is 4.67. The minimum atomic E-state index is -4.27. The minimum absolute atomic E-state index is 0.00785. The quantitative estimate of drug-likeness (QED) is 0.430. The smallest absolute Gasteiger partial charge is 0.214 e. The second kappa shape index (κ2) is 9.81. The van der Waals surface area contributed by atoms with Crippen LogP contribution in [0.25, 0.3) is 0 Å². The van der Waals surface area contributed by atoms with E-state index in [0.717, 1.165) is 17.7 Å². The number of methoxy groups -OCH3 is 1. The highest BCUT2D eigenvalue weighted by molar-refractivity contribution is 7.92. The maximum Gasteiger partial charge on any atom is 0.214 e. The summed E-state index contributed by atoms with van der Waals surface area (Å²) in [5, 5.41) is 0. The van der Waals surface area contributed by atoms with Gasteiger partial charge >= 0.3 is 0 Å². The lowest BCUT2D eigenvalue weighted by molar-refractivity contribution is 0.0201. The molecule has 0 amide bonds. The first-order valence-electron chi connectivity index (χ1n) is 13.1. The van der Waals surface area contributed by atoms with Gasteiger partial charge < -0.3 is 9.47 Å². The van der Waals surface area contributed by atoms with Crippen molar-refractivity contribution in [1.29, 1.82) is 0 Å². The van der Waals surface area contributed by atoms with Crippen LogP contribution in [0, 0.1) is 23.5 Å². The summed E-state index contributed by atoms with van der Waals surface area (Å²) < 4.78 is 97.0. The van der Waals surface area contributed by atoms with Crippen LogP contribution in [0.3, 0.4) is 0 Å². The van der Waals surface area contributed by atoms with Crippen molar-refractivity contribution >= 4 is 19.9 Å². The van der Waals surface area contributed by atoms with E-state index < -0.39 is 54.1 Å². The highest BCUT2D eigenvalue weighted by Crippen LogP contribution is 2.60. The number of rotatable bonds is 5. The lowest BCUT2D eigenvalue weighted by atomic mass is 9.64. The minimum Gasteiger partial charge on any atom is -0.497 e. The van der Waals surface area contributed by atoms with Gasteiger partial charge in [0.1, 0.15) is 16.3 Å². The number of hydrogen-bond donors (Lipinski definition) is 0. The Morgan fingerprint density at radius 1 is 1.00 bits per heavy atom. The highest BCUT2D eigenvalue weighted by Gasteiger charge is 2.64. The third-order valence-electron chi connectivity index (χ3n) is 8.78. The first kappa shape index (κ1) is 27.2. The first-order chi connectivity index (χ1) is 19.1. The van der Waals surface area contributed by atoms with Crippen LogP contribution in [0.2, 0.25) is 0 Å². The molecule has 7 nitrogen and oxygen atoms in total. The molecule has 0 radical (unpaired) electrons. The summed E-state index contributed by atoms with van der Waals surface area (Å²) in [6, 6.07) is 16.2. The number of ether oxygens (including phenoxy) is 2. The average Bonchev–Trinajstić information content (AvgIpc) is 2.96. The van der Waals surface area contributed by atoms with Gasteiger partial charge in [0.15, 0.2) is 21.4 Å². The van der Waals surface area contributed by atoms with E-state index in [1.165, 1.54) is 16.4 Å². The topological polar surface area (TPSA) is 90.0 Å². The maximum atomic E-state index is 15.7. The van der Waals surface area contributed by atoms with E-state index in [4.69, 9.17) is 9.47 Å². The van der Waals surface area contributed by atoms with Crippen LogP contribution in [-0.2, 0) is 31.2 Å². The van der Waals surface area contributed by atoms with Crippen molar-refractivity contribution < 1.29 is 35.1 Å². The third-order valence-corrected chi connectivity index (χ3v) is 13.2. The van der Waals surface area contributed by atoms with Crippen LogP contribution in [0.5, 0.6) is 11.5 Å². The SMILES string of the molecule is COc1ccc(CN2[C@@H]3CC[C@@]4(S(=O)(=O)c5ccccc5)c5c(F)ccc(F)c5OC[C@H]4[C@@H]3CCS2(=O)=O)cc1. The average molecular weight is 590 g/mol. The Morgan fingerprint density at radius 2 is 1.70 bits per heavy atom. The van der Waals surface area contributed by atoms with Crippen molar-refractivity contribution in [2.75, 3.05) is 19.5 Å². The molecule has 0 N–H and O–H groups in total. The van der Waals surface area contributed by atoms with Gasteiger partial charge in [-0.25, -0.2) is 25.6 Å². The summed E-state index contributed by atoms with van der Waals surface area (Å²) >= 11 is 0. The highest BCUT2D eigenvalue weighted by atomic mass is 32.2.